The summed E-state index contributed by atoms with van der Waals surface area (Å²) in [6.07, 6.45) is 6.61. The molecule has 2 rings (SSSR count). The summed E-state index contributed by atoms with van der Waals surface area (Å²) in [6.45, 7) is 2.92. The summed E-state index contributed by atoms with van der Waals surface area (Å²) in [5.74, 6) is 0.483. The fraction of sp³-hybridized carbons (Fsp3) is 0.176. The Balaban J connectivity index is 1.91. The van der Waals surface area contributed by atoms with E-state index in [9.17, 15) is 4.79 Å². The maximum absolute atomic E-state index is 11.8. The number of rotatable bonds is 6. The van der Waals surface area contributed by atoms with Gasteiger partial charge >= 0.3 is 0 Å². The van der Waals surface area contributed by atoms with Gasteiger partial charge in [-0.3, -0.25) is 9.78 Å². The molecule has 22 heavy (non-hydrogen) atoms. The molecule has 1 amide bonds. The molecule has 0 aliphatic carbocycles. The number of amides is 1. The zero-order chi connectivity index (χ0) is 15.8. The first-order valence-corrected chi connectivity index (χ1v) is 7.06. The average molecular weight is 297 g/mol. The molecule has 0 spiro atoms. The lowest BCUT2D eigenvalue weighted by Crippen LogP contribution is -2.20. The largest absolute Gasteiger partial charge is 0.492 e. The van der Waals surface area contributed by atoms with Crippen LogP contribution < -0.4 is 15.8 Å². The number of carbonyl (C=O) groups excluding carboxylic acids is 1. The monoisotopic (exact) mass is 297 g/mol. The van der Waals surface area contributed by atoms with Gasteiger partial charge in [-0.2, -0.15) is 0 Å². The van der Waals surface area contributed by atoms with Gasteiger partial charge in [-0.05, 0) is 42.3 Å². The predicted molar refractivity (Wildman–Crippen MR) is 87.1 cm³/mol. The number of nitrogen functional groups attached to an aromatic ring is 1. The first-order chi connectivity index (χ1) is 10.7. The van der Waals surface area contributed by atoms with Crippen molar-refractivity contribution in [3.05, 3.63) is 59.9 Å². The van der Waals surface area contributed by atoms with Crippen molar-refractivity contribution in [3.63, 3.8) is 0 Å². The van der Waals surface area contributed by atoms with E-state index in [1.807, 2.05) is 25.1 Å². The van der Waals surface area contributed by atoms with Crippen LogP contribution in [0, 0.1) is 0 Å². The molecule has 114 valence electrons. The van der Waals surface area contributed by atoms with Crippen LogP contribution in [-0.2, 0) is 11.3 Å². The summed E-state index contributed by atoms with van der Waals surface area (Å²) in [6, 6.07) is 9.17. The van der Waals surface area contributed by atoms with E-state index in [2.05, 4.69) is 10.3 Å². The van der Waals surface area contributed by atoms with Crippen molar-refractivity contribution < 1.29 is 9.53 Å². The van der Waals surface area contributed by atoms with Gasteiger partial charge in [0.25, 0.3) is 0 Å². The molecule has 1 heterocycles. The first-order valence-electron chi connectivity index (χ1n) is 7.06. The number of nitrogens with two attached hydrogens (primary N) is 1. The van der Waals surface area contributed by atoms with Crippen LogP contribution in [0.1, 0.15) is 18.1 Å². The molecule has 0 radical (unpaired) electrons. The summed E-state index contributed by atoms with van der Waals surface area (Å²) >= 11 is 0. The van der Waals surface area contributed by atoms with Crippen molar-refractivity contribution in [1.82, 2.24) is 10.3 Å². The van der Waals surface area contributed by atoms with Crippen molar-refractivity contribution in [1.29, 1.82) is 0 Å². The van der Waals surface area contributed by atoms with Gasteiger partial charge in [0.05, 0.1) is 12.3 Å². The molecule has 1 aromatic carbocycles. The van der Waals surface area contributed by atoms with E-state index in [-0.39, 0.29) is 5.91 Å². The van der Waals surface area contributed by atoms with Crippen LogP contribution >= 0.6 is 0 Å². The minimum atomic E-state index is -0.170. The standard InChI is InChI=1S/C17H19N3O2/c1-2-22-16-7-5-13(10-15(16)18)6-8-17(21)20-12-14-4-3-9-19-11-14/h3-11H,2,12,18H2,1H3,(H,20,21)/b8-6-. The van der Waals surface area contributed by atoms with E-state index in [1.54, 1.807) is 30.6 Å². The molecule has 0 aliphatic rings. The summed E-state index contributed by atoms with van der Waals surface area (Å²) in [5, 5.41) is 2.79. The molecule has 0 atom stereocenters. The molecule has 2 aromatic rings. The van der Waals surface area contributed by atoms with E-state index in [0.29, 0.717) is 24.6 Å². The summed E-state index contributed by atoms with van der Waals surface area (Å²) in [5.41, 5.74) is 8.24. The Bertz CT molecular complexity index is 654. The lowest BCUT2D eigenvalue weighted by molar-refractivity contribution is -0.116. The molecule has 0 saturated carbocycles. The van der Waals surface area contributed by atoms with Crippen molar-refractivity contribution in [2.75, 3.05) is 12.3 Å². The predicted octanol–water partition coefficient (Wildman–Crippen LogP) is 2.39. The van der Waals surface area contributed by atoms with Crippen molar-refractivity contribution in [2.24, 2.45) is 0 Å². The smallest absolute Gasteiger partial charge is 0.244 e. The van der Waals surface area contributed by atoms with Crippen molar-refractivity contribution in [3.8, 4) is 5.75 Å². The summed E-state index contributed by atoms with van der Waals surface area (Å²) in [7, 11) is 0. The maximum Gasteiger partial charge on any atom is 0.244 e. The van der Waals surface area contributed by atoms with Crippen LogP contribution in [0.4, 0.5) is 5.69 Å². The Labute approximate surface area is 129 Å². The van der Waals surface area contributed by atoms with Crippen LogP contribution in [-0.4, -0.2) is 17.5 Å². The number of benzene rings is 1. The Morgan fingerprint density at radius 2 is 2.27 bits per heavy atom. The van der Waals surface area contributed by atoms with E-state index in [0.717, 1.165) is 11.1 Å². The zero-order valence-corrected chi connectivity index (χ0v) is 12.5. The molecule has 5 heteroatoms. The van der Waals surface area contributed by atoms with E-state index in [4.69, 9.17) is 10.5 Å². The molecule has 0 aliphatic heterocycles. The fourth-order valence-corrected chi connectivity index (χ4v) is 1.88. The SMILES string of the molecule is CCOc1ccc(/C=C\C(=O)NCc2cccnc2)cc1N. The summed E-state index contributed by atoms with van der Waals surface area (Å²) < 4.78 is 5.37. The third kappa shape index (κ3) is 4.63. The molecule has 5 nitrogen and oxygen atoms in total. The third-order valence-corrected chi connectivity index (χ3v) is 2.95. The van der Waals surface area contributed by atoms with E-state index >= 15 is 0 Å². The number of pyridine rings is 1. The van der Waals surface area contributed by atoms with E-state index in [1.165, 1.54) is 6.08 Å². The van der Waals surface area contributed by atoms with E-state index < -0.39 is 0 Å². The van der Waals surface area contributed by atoms with Crippen LogP contribution in [0.15, 0.2) is 48.8 Å². The number of nitrogens with one attached hydrogen (secondary N) is 1. The highest BCUT2D eigenvalue weighted by Crippen LogP contribution is 2.22. The van der Waals surface area contributed by atoms with Crippen LogP contribution in [0.25, 0.3) is 6.08 Å². The number of carbonyl (C=O) groups is 1. The highest BCUT2D eigenvalue weighted by molar-refractivity contribution is 5.91. The average Bonchev–Trinajstić information content (AvgIpc) is 2.54. The second kappa shape index (κ2) is 7.83. The quantitative estimate of drug-likeness (QED) is 0.634. The second-order valence-corrected chi connectivity index (χ2v) is 4.64. The Morgan fingerprint density at radius 3 is 2.95 bits per heavy atom. The highest BCUT2D eigenvalue weighted by atomic mass is 16.5. The second-order valence-electron chi connectivity index (χ2n) is 4.64. The van der Waals surface area contributed by atoms with Gasteiger partial charge in [-0.25, -0.2) is 0 Å². The van der Waals surface area contributed by atoms with Gasteiger partial charge in [0, 0.05) is 25.0 Å². The molecular weight excluding hydrogens is 278 g/mol. The Morgan fingerprint density at radius 1 is 1.41 bits per heavy atom. The zero-order valence-electron chi connectivity index (χ0n) is 12.5. The minimum Gasteiger partial charge on any atom is -0.492 e. The van der Waals surface area contributed by atoms with Gasteiger partial charge in [0.2, 0.25) is 5.91 Å². The molecule has 0 saturated heterocycles. The molecule has 1 aromatic heterocycles. The number of anilines is 1. The van der Waals surface area contributed by atoms with Gasteiger partial charge in [0.15, 0.2) is 0 Å². The van der Waals surface area contributed by atoms with Crippen molar-refractivity contribution in [2.45, 2.75) is 13.5 Å². The maximum atomic E-state index is 11.8. The van der Waals surface area contributed by atoms with Crippen LogP contribution in [0.5, 0.6) is 5.75 Å². The fourth-order valence-electron chi connectivity index (χ4n) is 1.88. The van der Waals surface area contributed by atoms with Gasteiger partial charge < -0.3 is 15.8 Å². The number of hydrogen-bond donors (Lipinski definition) is 2. The highest BCUT2D eigenvalue weighted by Gasteiger charge is 2.01. The van der Waals surface area contributed by atoms with Crippen LogP contribution in [0.3, 0.4) is 0 Å². The van der Waals surface area contributed by atoms with Crippen molar-refractivity contribution >= 4 is 17.7 Å². The van der Waals surface area contributed by atoms with Gasteiger partial charge in [-0.1, -0.05) is 12.1 Å². The van der Waals surface area contributed by atoms with Crippen LogP contribution in [0.2, 0.25) is 0 Å². The lowest BCUT2D eigenvalue weighted by atomic mass is 10.1. The molecule has 0 fully saturated rings. The molecular formula is C17H19N3O2. The number of nitrogens with zero attached hydrogens (tertiary/aromatic N) is 1. The number of ether oxygens (including phenoxy) is 1. The number of hydrogen-bond acceptors (Lipinski definition) is 4. The minimum absolute atomic E-state index is 0.170. The number of aromatic nitrogens is 1. The normalized spacial score (nSPS) is 10.6. The molecule has 3 N–H and O–H groups in total. The third-order valence-electron chi connectivity index (χ3n) is 2.95. The Hall–Kier alpha value is -2.82. The van der Waals surface area contributed by atoms with Gasteiger partial charge in [-0.15, -0.1) is 0 Å². The summed E-state index contributed by atoms with van der Waals surface area (Å²) in [4.78, 5) is 15.8. The Kier molecular flexibility index (Phi) is 5.54. The molecule has 0 bridgehead atoms. The lowest BCUT2D eigenvalue weighted by Gasteiger charge is -2.07. The molecule has 0 unspecified atom stereocenters. The topological polar surface area (TPSA) is 77.2 Å². The van der Waals surface area contributed by atoms with Gasteiger partial charge in [0.1, 0.15) is 5.75 Å². The first kappa shape index (κ1) is 15.6.